The van der Waals surface area contributed by atoms with Crippen molar-refractivity contribution in [1.82, 2.24) is 0 Å². The largest absolute Gasteiger partial charge is 0.462 e. The molecule has 0 bridgehead atoms. The molecule has 0 aromatic heterocycles. The molecule has 0 saturated carbocycles. The molecular weight excluding hydrogens is 697 g/mol. The van der Waals surface area contributed by atoms with E-state index >= 15 is 0 Å². The second-order valence-corrected chi connectivity index (χ2v) is 17.6. The van der Waals surface area contributed by atoms with Gasteiger partial charge in [0.15, 0.2) is 6.10 Å². The summed E-state index contributed by atoms with van der Waals surface area (Å²) in [5, 5.41) is 0. The van der Waals surface area contributed by atoms with Crippen LogP contribution in [0.4, 0.5) is 0 Å². The lowest BCUT2D eigenvalue weighted by atomic mass is 9.99. The third kappa shape index (κ3) is 40.6. The van der Waals surface area contributed by atoms with E-state index in [0.29, 0.717) is 19.3 Å². The summed E-state index contributed by atoms with van der Waals surface area (Å²) in [5.41, 5.74) is 0. The molecular formula is C50H96O6. The molecule has 0 fully saturated rings. The molecule has 0 aliphatic rings. The Hall–Kier alpha value is -1.59. The summed E-state index contributed by atoms with van der Waals surface area (Å²) < 4.78 is 16.8. The second kappa shape index (κ2) is 43.0. The molecule has 0 aliphatic heterocycles. The number of rotatable bonds is 44. The maximum Gasteiger partial charge on any atom is 0.306 e. The molecule has 6 heteroatoms. The van der Waals surface area contributed by atoms with E-state index in [1.807, 2.05) is 0 Å². The normalized spacial score (nSPS) is 13.0. The van der Waals surface area contributed by atoms with E-state index in [4.69, 9.17) is 14.2 Å². The van der Waals surface area contributed by atoms with Gasteiger partial charge < -0.3 is 14.2 Å². The molecule has 0 aliphatic carbocycles. The van der Waals surface area contributed by atoms with Crippen LogP contribution in [-0.2, 0) is 28.6 Å². The van der Waals surface area contributed by atoms with Gasteiger partial charge in [0.05, 0.1) is 0 Å². The van der Waals surface area contributed by atoms with E-state index in [2.05, 4.69) is 34.6 Å². The average Bonchev–Trinajstić information content (AvgIpc) is 3.19. The molecule has 56 heavy (non-hydrogen) atoms. The minimum Gasteiger partial charge on any atom is -0.462 e. The molecule has 0 heterocycles. The lowest BCUT2D eigenvalue weighted by Gasteiger charge is -2.18. The van der Waals surface area contributed by atoms with Crippen LogP contribution in [0.3, 0.4) is 0 Å². The first kappa shape index (κ1) is 54.4. The maximum atomic E-state index is 12.8. The van der Waals surface area contributed by atoms with Crippen LogP contribution in [0.1, 0.15) is 272 Å². The zero-order valence-electron chi connectivity index (χ0n) is 38.3. The van der Waals surface area contributed by atoms with Gasteiger partial charge in [0.2, 0.25) is 0 Å². The number of carbonyl (C=O) groups is 3. The fourth-order valence-electron chi connectivity index (χ4n) is 7.39. The summed E-state index contributed by atoms with van der Waals surface area (Å²) >= 11 is 0. The van der Waals surface area contributed by atoms with Crippen molar-refractivity contribution in [3.05, 3.63) is 0 Å². The van der Waals surface area contributed by atoms with Gasteiger partial charge >= 0.3 is 17.9 Å². The Labute approximate surface area is 348 Å². The van der Waals surface area contributed by atoms with Crippen molar-refractivity contribution >= 4 is 17.9 Å². The lowest BCUT2D eigenvalue weighted by molar-refractivity contribution is -0.167. The van der Waals surface area contributed by atoms with Crippen molar-refractivity contribution in [2.24, 2.45) is 11.8 Å². The number of ether oxygens (including phenoxy) is 3. The fraction of sp³-hybridized carbons (Fsp3) is 0.940. The van der Waals surface area contributed by atoms with Crippen molar-refractivity contribution in [2.45, 2.75) is 278 Å². The quantitative estimate of drug-likeness (QED) is 0.0347. The van der Waals surface area contributed by atoms with Crippen LogP contribution in [-0.4, -0.2) is 37.2 Å². The molecule has 0 N–H and O–H groups in total. The second-order valence-electron chi connectivity index (χ2n) is 17.6. The first-order chi connectivity index (χ1) is 27.3. The van der Waals surface area contributed by atoms with Gasteiger partial charge in [0.25, 0.3) is 0 Å². The number of unbranched alkanes of at least 4 members (excludes halogenated alkanes) is 27. The van der Waals surface area contributed by atoms with Gasteiger partial charge in [0, 0.05) is 19.3 Å². The predicted octanol–water partition coefficient (Wildman–Crippen LogP) is 15.8. The molecule has 0 aromatic carbocycles. The summed E-state index contributed by atoms with van der Waals surface area (Å²) in [6.45, 7) is 11.4. The number of hydrogen-bond acceptors (Lipinski definition) is 6. The summed E-state index contributed by atoms with van der Waals surface area (Å²) in [4.78, 5) is 37.8. The van der Waals surface area contributed by atoms with Crippen molar-refractivity contribution in [1.29, 1.82) is 0 Å². The lowest BCUT2D eigenvalue weighted by Crippen LogP contribution is -2.30. The molecule has 3 atom stereocenters. The van der Waals surface area contributed by atoms with E-state index in [-0.39, 0.29) is 31.1 Å². The third-order valence-corrected chi connectivity index (χ3v) is 11.9. The highest BCUT2D eigenvalue weighted by atomic mass is 16.6. The van der Waals surface area contributed by atoms with E-state index in [1.54, 1.807) is 0 Å². The van der Waals surface area contributed by atoms with Crippen LogP contribution in [0.15, 0.2) is 0 Å². The molecule has 0 aromatic rings. The molecule has 0 saturated heterocycles. The van der Waals surface area contributed by atoms with E-state index in [9.17, 15) is 14.4 Å². The number of esters is 3. The Kier molecular flexibility index (Phi) is 41.8. The third-order valence-electron chi connectivity index (χ3n) is 11.9. The van der Waals surface area contributed by atoms with Crippen molar-refractivity contribution < 1.29 is 28.6 Å². The Balaban J connectivity index is 4.33. The predicted molar refractivity (Wildman–Crippen MR) is 238 cm³/mol. The van der Waals surface area contributed by atoms with Gasteiger partial charge in [-0.3, -0.25) is 14.4 Å². The fourth-order valence-corrected chi connectivity index (χ4v) is 7.39. The van der Waals surface area contributed by atoms with Crippen LogP contribution < -0.4 is 0 Å². The van der Waals surface area contributed by atoms with E-state index in [0.717, 1.165) is 69.6 Å². The zero-order chi connectivity index (χ0) is 41.2. The summed E-state index contributed by atoms with van der Waals surface area (Å²) in [5.74, 6) is 0.830. The van der Waals surface area contributed by atoms with Gasteiger partial charge in [-0.15, -0.1) is 0 Å². The van der Waals surface area contributed by atoms with Crippen LogP contribution in [0.25, 0.3) is 0 Å². The van der Waals surface area contributed by atoms with Crippen molar-refractivity contribution in [3.8, 4) is 0 Å². The molecule has 0 amide bonds. The number of carbonyl (C=O) groups excluding carboxylic acids is 3. The highest BCUT2D eigenvalue weighted by Gasteiger charge is 2.19. The topological polar surface area (TPSA) is 78.9 Å². The first-order valence-electron chi connectivity index (χ1n) is 24.8. The van der Waals surface area contributed by atoms with E-state index < -0.39 is 6.10 Å². The Morgan fingerprint density at radius 3 is 0.929 bits per heavy atom. The molecule has 6 nitrogen and oxygen atoms in total. The monoisotopic (exact) mass is 793 g/mol. The first-order valence-corrected chi connectivity index (χ1v) is 24.8. The minimum atomic E-state index is -0.761. The maximum absolute atomic E-state index is 12.8. The minimum absolute atomic E-state index is 0.0649. The Morgan fingerprint density at radius 2 is 0.625 bits per heavy atom. The summed E-state index contributed by atoms with van der Waals surface area (Å²) in [6.07, 6.45) is 42.2. The van der Waals surface area contributed by atoms with Gasteiger partial charge in [-0.1, -0.05) is 234 Å². The van der Waals surface area contributed by atoms with Crippen LogP contribution in [0.2, 0.25) is 0 Å². The molecule has 332 valence electrons. The molecule has 0 spiro atoms. The highest BCUT2D eigenvalue weighted by Crippen LogP contribution is 2.18. The number of hydrogen-bond donors (Lipinski definition) is 0. The standard InChI is InChI=1S/C50H96O6/c1-6-9-10-11-12-13-14-15-16-17-22-25-32-37-42-50(53)56-47(44-55-49(52)41-36-31-27-26-29-34-39-46(5)8-3)43-54-48(51)40-35-30-24-21-19-18-20-23-28-33-38-45(4)7-2/h45-47H,6-44H2,1-5H3/t45?,46?,47-/m1/s1. The smallest absolute Gasteiger partial charge is 0.306 e. The Morgan fingerprint density at radius 1 is 0.357 bits per heavy atom. The van der Waals surface area contributed by atoms with Gasteiger partial charge in [-0.2, -0.15) is 0 Å². The van der Waals surface area contributed by atoms with Crippen LogP contribution in [0.5, 0.6) is 0 Å². The summed E-state index contributed by atoms with van der Waals surface area (Å²) in [7, 11) is 0. The zero-order valence-corrected chi connectivity index (χ0v) is 38.3. The van der Waals surface area contributed by atoms with Crippen LogP contribution in [0, 0.1) is 11.8 Å². The molecule has 0 radical (unpaired) electrons. The van der Waals surface area contributed by atoms with E-state index in [1.165, 1.54) is 161 Å². The highest BCUT2D eigenvalue weighted by molar-refractivity contribution is 5.71. The molecule has 0 rings (SSSR count). The molecule has 2 unspecified atom stereocenters. The van der Waals surface area contributed by atoms with Crippen molar-refractivity contribution in [3.63, 3.8) is 0 Å². The summed E-state index contributed by atoms with van der Waals surface area (Å²) in [6, 6.07) is 0. The van der Waals surface area contributed by atoms with Gasteiger partial charge in [-0.25, -0.2) is 0 Å². The van der Waals surface area contributed by atoms with Gasteiger partial charge in [0.1, 0.15) is 13.2 Å². The van der Waals surface area contributed by atoms with Crippen LogP contribution >= 0.6 is 0 Å². The average molecular weight is 793 g/mol. The SMILES string of the molecule is CCCCCCCCCCCCCCCCC(=O)O[C@H](COC(=O)CCCCCCCCCCCCC(C)CC)COC(=O)CCCCCCCCC(C)CC. The Bertz CT molecular complexity index is 858. The van der Waals surface area contributed by atoms with Gasteiger partial charge in [-0.05, 0) is 31.1 Å². The van der Waals surface area contributed by atoms with Crippen molar-refractivity contribution in [2.75, 3.05) is 13.2 Å².